The number of hydrogen-bond acceptors (Lipinski definition) is 3. The standard InChI is InChI=1S/C9H4F6N2O2/c10-8(11,12)6-5(18)3-4(1-2-16)17-7(6)19-9(13,14)15/h3H,1H2,(H,17,18). The van der Waals surface area contributed by atoms with Gasteiger partial charge in [0.15, 0.2) is 11.0 Å². The Morgan fingerprint density at radius 1 is 1.26 bits per heavy atom. The van der Waals surface area contributed by atoms with Gasteiger partial charge in [-0.1, -0.05) is 0 Å². The molecule has 0 bridgehead atoms. The number of halogens is 6. The van der Waals surface area contributed by atoms with Gasteiger partial charge in [-0.15, -0.1) is 13.2 Å². The number of nitrogens with one attached hydrogen (secondary N) is 1. The average molecular weight is 286 g/mol. The molecule has 4 nitrogen and oxygen atoms in total. The number of alkyl halides is 6. The van der Waals surface area contributed by atoms with E-state index in [2.05, 4.69) is 4.74 Å². The summed E-state index contributed by atoms with van der Waals surface area (Å²) in [6.45, 7) is 0. The molecule has 0 amide bonds. The summed E-state index contributed by atoms with van der Waals surface area (Å²) in [5.74, 6) is -1.78. The normalized spacial score (nSPS) is 12.1. The predicted octanol–water partition coefficient (Wildman–Crippen LogP) is 2.36. The Kier molecular flexibility index (Phi) is 3.78. The maximum atomic E-state index is 12.5. The lowest BCUT2D eigenvalue weighted by atomic mass is 10.2. The van der Waals surface area contributed by atoms with Crippen LogP contribution in [0.2, 0.25) is 0 Å². The van der Waals surface area contributed by atoms with E-state index < -0.39 is 41.5 Å². The Morgan fingerprint density at radius 3 is 2.26 bits per heavy atom. The number of aromatic nitrogens is 1. The van der Waals surface area contributed by atoms with Crippen molar-refractivity contribution in [1.29, 1.82) is 5.26 Å². The van der Waals surface area contributed by atoms with Crippen LogP contribution >= 0.6 is 0 Å². The zero-order chi connectivity index (χ0) is 14.8. The highest BCUT2D eigenvalue weighted by Gasteiger charge is 2.42. The topological polar surface area (TPSA) is 65.9 Å². The summed E-state index contributed by atoms with van der Waals surface area (Å²) in [6.07, 6.45) is -11.3. The van der Waals surface area contributed by atoms with Gasteiger partial charge in [-0.25, -0.2) is 0 Å². The van der Waals surface area contributed by atoms with Crippen molar-refractivity contribution in [3.8, 4) is 11.9 Å². The number of rotatable bonds is 2. The van der Waals surface area contributed by atoms with Gasteiger partial charge in [-0.3, -0.25) is 4.79 Å². The average Bonchev–Trinajstić information content (AvgIpc) is 2.11. The molecule has 1 rings (SSSR count). The first-order valence-corrected chi connectivity index (χ1v) is 4.50. The fourth-order valence-corrected chi connectivity index (χ4v) is 1.23. The summed E-state index contributed by atoms with van der Waals surface area (Å²) in [5, 5.41) is 8.31. The van der Waals surface area contributed by atoms with Gasteiger partial charge in [-0.05, 0) is 0 Å². The number of nitrogens with zero attached hydrogens (tertiary/aromatic N) is 1. The molecule has 0 saturated heterocycles. The van der Waals surface area contributed by atoms with Crippen LogP contribution in [0.25, 0.3) is 0 Å². The van der Waals surface area contributed by atoms with E-state index in [1.54, 1.807) is 4.98 Å². The van der Waals surface area contributed by atoms with Crippen LogP contribution in [0, 0.1) is 11.3 Å². The van der Waals surface area contributed by atoms with Crippen molar-refractivity contribution in [2.45, 2.75) is 19.0 Å². The Morgan fingerprint density at radius 2 is 1.84 bits per heavy atom. The minimum absolute atomic E-state index is 0.398. The molecule has 1 N–H and O–H groups in total. The van der Waals surface area contributed by atoms with Crippen LogP contribution in [0.5, 0.6) is 5.88 Å². The molecule has 1 aromatic rings. The van der Waals surface area contributed by atoms with Gasteiger partial charge in [0.05, 0.1) is 12.5 Å². The highest BCUT2D eigenvalue weighted by Crippen LogP contribution is 2.34. The predicted molar refractivity (Wildman–Crippen MR) is 48.1 cm³/mol. The molecule has 0 radical (unpaired) electrons. The second-order valence-electron chi connectivity index (χ2n) is 3.24. The number of ether oxygens (including phenoxy) is 1. The maximum absolute atomic E-state index is 12.5. The number of H-pyrrole nitrogens is 1. The lowest BCUT2D eigenvalue weighted by Gasteiger charge is -2.15. The Bertz CT molecular complexity index is 566. The minimum Gasteiger partial charge on any atom is -0.389 e. The van der Waals surface area contributed by atoms with Crippen molar-refractivity contribution < 1.29 is 31.1 Å². The van der Waals surface area contributed by atoms with E-state index in [4.69, 9.17) is 5.26 Å². The molecule has 0 atom stereocenters. The summed E-state index contributed by atoms with van der Waals surface area (Å²) in [6, 6.07) is 1.87. The van der Waals surface area contributed by atoms with Gasteiger partial charge < -0.3 is 9.72 Å². The molecule has 0 aliphatic rings. The second-order valence-corrected chi connectivity index (χ2v) is 3.24. The van der Waals surface area contributed by atoms with E-state index >= 15 is 0 Å². The lowest BCUT2D eigenvalue weighted by molar-refractivity contribution is -0.278. The van der Waals surface area contributed by atoms with Crippen LogP contribution in [0.1, 0.15) is 11.3 Å². The van der Waals surface area contributed by atoms with E-state index in [1.807, 2.05) is 0 Å². The minimum atomic E-state index is -5.41. The van der Waals surface area contributed by atoms with E-state index in [9.17, 15) is 31.1 Å². The first-order chi connectivity index (χ1) is 8.54. The van der Waals surface area contributed by atoms with Crippen molar-refractivity contribution in [1.82, 2.24) is 4.98 Å². The SMILES string of the molecule is N#CCc1cc(=O)c(C(F)(F)F)c(OC(F)(F)F)[nH]1. The third-order valence-electron chi connectivity index (χ3n) is 1.82. The smallest absolute Gasteiger partial charge is 0.389 e. The fraction of sp³-hybridized carbons (Fsp3) is 0.333. The molecule has 0 unspecified atom stereocenters. The van der Waals surface area contributed by atoms with Crippen LogP contribution < -0.4 is 10.2 Å². The molecule has 0 fully saturated rings. The molecule has 0 aliphatic carbocycles. The molecule has 1 heterocycles. The summed E-state index contributed by atoms with van der Waals surface area (Å²) in [5.41, 5.74) is -4.23. The summed E-state index contributed by atoms with van der Waals surface area (Å²) < 4.78 is 76.5. The lowest BCUT2D eigenvalue weighted by Crippen LogP contribution is -2.26. The van der Waals surface area contributed by atoms with Crippen molar-refractivity contribution in [3.63, 3.8) is 0 Å². The van der Waals surface area contributed by atoms with E-state index in [0.29, 0.717) is 6.07 Å². The van der Waals surface area contributed by atoms with Gasteiger partial charge in [0.1, 0.15) is 0 Å². The van der Waals surface area contributed by atoms with E-state index in [-0.39, 0.29) is 0 Å². The molecule has 0 saturated carbocycles. The molecule has 19 heavy (non-hydrogen) atoms. The highest BCUT2D eigenvalue weighted by molar-refractivity contribution is 5.32. The van der Waals surface area contributed by atoms with Crippen molar-refractivity contribution in [2.75, 3.05) is 0 Å². The maximum Gasteiger partial charge on any atom is 0.574 e. The van der Waals surface area contributed by atoms with Crippen molar-refractivity contribution in [3.05, 3.63) is 27.5 Å². The highest BCUT2D eigenvalue weighted by atomic mass is 19.4. The van der Waals surface area contributed by atoms with Crippen LogP contribution in [0.3, 0.4) is 0 Å². The molecule has 0 aromatic carbocycles. The number of nitriles is 1. The van der Waals surface area contributed by atoms with Crippen LogP contribution in [0.15, 0.2) is 10.9 Å². The molecule has 10 heteroatoms. The summed E-state index contributed by atoms with van der Waals surface area (Å²) in [4.78, 5) is 12.8. The van der Waals surface area contributed by atoms with Gasteiger partial charge in [0.2, 0.25) is 5.88 Å². The second kappa shape index (κ2) is 4.83. The first-order valence-electron chi connectivity index (χ1n) is 4.50. The Labute approximate surface area is 101 Å². The monoisotopic (exact) mass is 286 g/mol. The zero-order valence-electron chi connectivity index (χ0n) is 8.82. The molecule has 0 aliphatic heterocycles. The number of pyridine rings is 1. The van der Waals surface area contributed by atoms with Gasteiger partial charge in [0.25, 0.3) is 0 Å². The molecule has 104 valence electrons. The zero-order valence-corrected chi connectivity index (χ0v) is 8.82. The quantitative estimate of drug-likeness (QED) is 0.849. The van der Waals surface area contributed by atoms with Crippen molar-refractivity contribution in [2.24, 2.45) is 0 Å². The first kappa shape index (κ1) is 14.9. The van der Waals surface area contributed by atoms with Crippen LogP contribution in [0.4, 0.5) is 26.3 Å². The third kappa shape index (κ3) is 3.90. The number of aromatic amines is 1. The van der Waals surface area contributed by atoms with Crippen LogP contribution in [-0.4, -0.2) is 11.3 Å². The molecular formula is C9H4F6N2O2. The van der Waals surface area contributed by atoms with E-state index in [1.165, 1.54) is 6.07 Å². The summed E-state index contributed by atoms with van der Waals surface area (Å²) in [7, 11) is 0. The van der Waals surface area contributed by atoms with Gasteiger partial charge in [-0.2, -0.15) is 18.4 Å². The number of hydrogen-bond donors (Lipinski definition) is 1. The molecule has 0 spiro atoms. The van der Waals surface area contributed by atoms with Crippen LogP contribution in [-0.2, 0) is 12.6 Å². The van der Waals surface area contributed by atoms with E-state index in [0.717, 1.165) is 0 Å². The van der Waals surface area contributed by atoms with Crippen molar-refractivity contribution >= 4 is 0 Å². The molecular weight excluding hydrogens is 282 g/mol. The fourth-order valence-electron chi connectivity index (χ4n) is 1.23. The Hall–Kier alpha value is -2.18. The van der Waals surface area contributed by atoms with Gasteiger partial charge >= 0.3 is 12.5 Å². The summed E-state index contributed by atoms with van der Waals surface area (Å²) >= 11 is 0. The largest absolute Gasteiger partial charge is 0.574 e. The Balaban J connectivity index is 3.46. The van der Waals surface area contributed by atoms with Gasteiger partial charge in [0, 0.05) is 11.8 Å². The molecule has 1 aromatic heterocycles. The third-order valence-corrected chi connectivity index (χ3v) is 1.82.